The van der Waals surface area contributed by atoms with Crippen molar-refractivity contribution in [3.05, 3.63) is 78.2 Å². The van der Waals surface area contributed by atoms with Crippen LogP contribution in [0.3, 0.4) is 0 Å². The van der Waals surface area contributed by atoms with E-state index in [4.69, 9.17) is 4.74 Å². The van der Waals surface area contributed by atoms with E-state index in [1.165, 1.54) is 54.7 Å². The predicted octanol–water partition coefficient (Wildman–Crippen LogP) is 5.68. The van der Waals surface area contributed by atoms with E-state index in [0.717, 1.165) is 12.1 Å². The van der Waals surface area contributed by atoms with Crippen LogP contribution in [0.5, 0.6) is 11.6 Å². The van der Waals surface area contributed by atoms with E-state index in [-0.39, 0.29) is 17.3 Å². The van der Waals surface area contributed by atoms with Crippen LogP contribution in [-0.4, -0.2) is 11.0 Å². The van der Waals surface area contributed by atoms with Crippen LogP contribution in [0.4, 0.5) is 33.7 Å². The fourth-order valence-electron chi connectivity index (χ4n) is 2.23. The van der Waals surface area contributed by atoms with E-state index in [9.17, 15) is 22.4 Å². The standard InChI is InChI=1S/C19H13F4N3O2/c20-13-6-8-14(9-7-13)25-18(27)26-16-5-2-10-24-17(16)28-15-4-1-3-12(11-15)19(21,22)23/h1-11H,(H2,25,26,27). The van der Waals surface area contributed by atoms with Gasteiger partial charge in [0.1, 0.15) is 17.3 Å². The average molecular weight is 391 g/mol. The number of hydrogen-bond donors (Lipinski definition) is 2. The molecule has 2 aromatic carbocycles. The molecule has 3 rings (SSSR count). The Balaban J connectivity index is 1.74. The maximum absolute atomic E-state index is 12.9. The lowest BCUT2D eigenvalue weighted by Crippen LogP contribution is -2.19. The molecule has 1 heterocycles. The quantitative estimate of drug-likeness (QED) is 0.563. The zero-order chi connectivity index (χ0) is 20.1. The normalized spacial score (nSPS) is 11.0. The maximum atomic E-state index is 12.9. The SMILES string of the molecule is O=C(Nc1ccc(F)cc1)Nc1cccnc1Oc1cccc(C(F)(F)F)c1. The third kappa shape index (κ3) is 4.97. The molecule has 28 heavy (non-hydrogen) atoms. The fourth-order valence-corrected chi connectivity index (χ4v) is 2.23. The molecular weight excluding hydrogens is 378 g/mol. The largest absolute Gasteiger partial charge is 0.437 e. The molecule has 0 radical (unpaired) electrons. The van der Waals surface area contributed by atoms with Gasteiger partial charge < -0.3 is 15.4 Å². The molecule has 3 aromatic rings. The number of ether oxygens (including phenoxy) is 1. The number of aromatic nitrogens is 1. The van der Waals surface area contributed by atoms with Crippen molar-refractivity contribution in [2.75, 3.05) is 10.6 Å². The number of halogens is 4. The van der Waals surface area contributed by atoms with Gasteiger partial charge in [0, 0.05) is 11.9 Å². The second-order valence-corrected chi connectivity index (χ2v) is 5.57. The number of carbonyl (C=O) groups is 1. The Morgan fingerprint density at radius 1 is 0.964 bits per heavy atom. The summed E-state index contributed by atoms with van der Waals surface area (Å²) in [6.45, 7) is 0. The summed E-state index contributed by atoms with van der Waals surface area (Å²) >= 11 is 0. The zero-order valence-electron chi connectivity index (χ0n) is 14.1. The minimum absolute atomic E-state index is 0.0870. The minimum atomic E-state index is -4.51. The van der Waals surface area contributed by atoms with Gasteiger partial charge in [0.15, 0.2) is 0 Å². The molecule has 0 bridgehead atoms. The maximum Gasteiger partial charge on any atom is 0.416 e. The summed E-state index contributed by atoms with van der Waals surface area (Å²) in [6.07, 6.45) is -3.15. The second kappa shape index (κ2) is 7.95. The second-order valence-electron chi connectivity index (χ2n) is 5.57. The number of pyridine rings is 1. The van der Waals surface area contributed by atoms with Gasteiger partial charge in [-0.15, -0.1) is 0 Å². The smallest absolute Gasteiger partial charge is 0.416 e. The van der Waals surface area contributed by atoms with Gasteiger partial charge in [-0.3, -0.25) is 0 Å². The highest BCUT2D eigenvalue weighted by Gasteiger charge is 2.30. The summed E-state index contributed by atoms with van der Waals surface area (Å²) in [4.78, 5) is 16.1. The lowest BCUT2D eigenvalue weighted by atomic mass is 10.2. The average Bonchev–Trinajstić information content (AvgIpc) is 2.65. The molecule has 2 N–H and O–H groups in total. The first-order chi connectivity index (χ1) is 13.3. The summed E-state index contributed by atoms with van der Waals surface area (Å²) in [5, 5.41) is 4.97. The van der Waals surface area contributed by atoms with Gasteiger partial charge in [0.25, 0.3) is 0 Å². The van der Waals surface area contributed by atoms with Crippen molar-refractivity contribution < 1.29 is 27.1 Å². The fraction of sp³-hybridized carbons (Fsp3) is 0.0526. The minimum Gasteiger partial charge on any atom is -0.437 e. The molecular formula is C19H13F4N3O2. The Kier molecular flexibility index (Phi) is 5.44. The third-order valence-corrected chi connectivity index (χ3v) is 3.50. The van der Waals surface area contributed by atoms with Crippen LogP contribution in [0.2, 0.25) is 0 Å². The van der Waals surface area contributed by atoms with Crippen LogP contribution in [0, 0.1) is 5.82 Å². The molecule has 9 heteroatoms. The third-order valence-electron chi connectivity index (χ3n) is 3.50. The van der Waals surface area contributed by atoms with Crippen molar-refractivity contribution in [1.82, 2.24) is 4.98 Å². The number of urea groups is 1. The molecule has 0 aliphatic rings. The molecule has 0 fully saturated rings. The summed E-state index contributed by atoms with van der Waals surface area (Å²) < 4.78 is 56.8. The van der Waals surface area contributed by atoms with Crippen molar-refractivity contribution in [2.24, 2.45) is 0 Å². The summed E-state index contributed by atoms with van der Waals surface area (Å²) in [7, 11) is 0. The Morgan fingerprint density at radius 3 is 2.43 bits per heavy atom. The first-order valence-corrected chi connectivity index (χ1v) is 7.95. The predicted molar refractivity (Wildman–Crippen MR) is 94.8 cm³/mol. The van der Waals surface area contributed by atoms with Crippen LogP contribution in [0.15, 0.2) is 66.9 Å². The number of rotatable bonds is 4. The van der Waals surface area contributed by atoms with Crippen molar-refractivity contribution in [3.8, 4) is 11.6 Å². The highest BCUT2D eigenvalue weighted by molar-refractivity contribution is 6.00. The van der Waals surface area contributed by atoms with Crippen LogP contribution in [-0.2, 0) is 6.18 Å². The molecule has 0 aliphatic heterocycles. The molecule has 0 saturated heterocycles. The Labute approximate surface area is 157 Å². The van der Waals surface area contributed by atoms with Gasteiger partial charge in [-0.1, -0.05) is 6.07 Å². The van der Waals surface area contributed by atoms with Crippen LogP contribution < -0.4 is 15.4 Å². The number of nitrogens with zero attached hydrogens (tertiary/aromatic N) is 1. The molecule has 1 aromatic heterocycles. The number of carbonyl (C=O) groups excluding carboxylic acids is 1. The molecule has 0 spiro atoms. The highest BCUT2D eigenvalue weighted by atomic mass is 19.4. The van der Waals surface area contributed by atoms with Crippen LogP contribution in [0.1, 0.15) is 5.56 Å². The van der Waals surface area contributed by atoms with Gasteiger partial charge in [-0.2, -0.15) is 13.2 Å². The first-order valence-electron chi connectivity index (χ1n) is 7.95. The van der Waals surface area contributed by atoms with E-state index in [2.05, 4.69) is 15.6 Å². The van der Waals surface area contributed by atoms with Crippen molar-refractivity contribution in [3.63, 3.8) is 0 Å². The zero-order valence-corrected chi connectivity index (χ0v) is 14.1. The molecule has 144 valence electrons. The number of nitrogens with one attached hydrogen (secondary N) is 2. The van der Waals surface area contributed by atoms with Gasteiger partial charge in [0.05, 0.1) is 5.56 Å². The van der Waals surface area contributed by atoms with Crippen molar-refractivity contribution in [1.29, 1.82) is 0 Å². The van der Waals surface area contributed by atoms with Gasteiger partial charge in [0.2, 0.25) is 5.88 Å². The van der Waals surface area contributed by atoms with Gasteiger partial charge in [-0.05, 0) is 54.6 Å². The van der Waals surface area contributed by atoms with E-state index in [1.807, 2.05) is 0 Å². The number of anilines is 2. The van der Waals surface area contributed by atoms with E-state index in [0.29, 0.717) is 5.69 Å². The summed E-state index contributed by atoms with van der Waals surface area (Å²) in [5.41, 5.74) is -0.382. The number of benzene rings is 2. The highest BCUT2D eigenvalue weighted by Crippen LogP contribution is 2.33. The first kappa shape index (κ1) is 19.2. The van der Waals surface area contributed by atoms with Crippen LogP contribution in [0.25, 0.3) is 0 Å². The number of amides is 2. The molecule has 0 saturated carbocycles. The number of alkyl halides is 3. The molecule has 0 atom stereocenters. The molecule has 0 unspecified atom stereocenters. The Hall–Kier alpha value is -3.62. The topological polar surface area (TPSA) is 63.2 Å². The lowest BCUT2D eigenvalue weighted by Gasteiger charge is -2.13. The monoisotopic (exact) mass is 391 g/mol. The van der Waals surface area contributed by atoms with Gasteiger partial charge in [-0.25, -0.2) is 14.2 Å². The van der Waals surface area contributed by atoms with Crippen molar-refractivity contribution in [2.45, 2.75) is 6.18 Å². The Bertz CT molecular complexity index is 975. The van der Waals surface area contributed by atoms with E-state index >= 15 is 0 Å². The molecule has 2 amide bonds. The number of hydrogen-bond acceptors (Lipinski definition) is 3. The summed E-state index contributed by atoms with van der Waals surface area (Å²) in [5.74, 6) is -0.624. The van der Waals surface area contributed by atoms with Crippen LogP contribution >= 0.6 is 0 Å². The molecule has 5 nitrogen and oxygen atoms in total. The summed E-state index contributed by atoms with van der Waals surface area (Å²) in [6, 6.07) is 11.7. The van der Waals surface area contributed by atoms with E-state index < -0.39 is 23.6 Å². The van der Waals surface area contributed by atoms with Gasteiger partial charge >= 0.3 is 12.2 Å². The van der Waals surface area contributed by atoms with E-state index in [1.54, 1.807) is 0 Å². The molecule has 0 aliphatic carbocycles. The Morgan fingerprint density at radius 2 is 1.71 bits per heavy atom. The van der Waals surface area contributed by atoms with Crippen molar-refractivity contribution >= 4 is 17.4 Å². The lowest BCUT2D eigenvalue weighted by molar-refractivity contribution is -0.137.